The molecule has 0 heterocycles. The van der Waals surface area contributed by atoms with Crippen molar-refractivity contribution in [3.05, 3.63) is 54.1 Å². The molecular formula is C20H27N3O2. The van der Waals surface area contributed by atoms with Gasteiger partial charge in [0.15, 0.2) is 6.73 Å². The lowest BCUT2D eigenvalue weighted by atomic mass is 10.1. The van der Waals surface area contributed by atoms with Gasteiger partial charge in [-0.05, 0) is 56.2 Å². The maximum absolute atomic E-state index is 12.0. The molecule has 0 aliphatic carbocycles. The lowest BCUT2D eigenvalue weighted by molar-refractivity contribution is 0.234. The van der Waals surface area contributed by atoms with E-state index in [0.717, 1.165) is 42.2 Å². The average Bonchev–Trinajstić information content (AvgIpc) is 2.64. The summed E-state index contributed by atoms with van der Waals surface area (Å²) in [5.74, 6) is 0.800. The second-order valence-electron chi connectivity index (χ2n) is 5.60. The van der Waals surface area contributed by atoms with E-state index in [2.05, 4.69) is 36.3 Å². The second-order valence-corrected chi connectivity index (χ2v) is 5.60. The van der Waals surface area contributed by atoms with Crippen molar-refractivity contribution in [1.29, 1.82) is 0 Å². The Bertz CT molecular complexity index is 667. The monoisotopic (exact) mass is 341 g/mol. The molecule has 0 fully saturated rings. The number of urea groups is 1. The fourth-order valence-corrected chi connectivity index (χ4v) is 2.64. The summed E-state index contributed by atoms with van der Waals surface area (Å²) in [6, 6.07) is 15.4. The van der Waals surface area contributed by atoms with Crippen LogP contribution in [0.1, 0.15) is 26.3 Å². The van der Waals surface area contributed by atoms with E-state index >= 15 is 0 Å². The number of anilines is 2. The number of benzene rings is 2. The first-order valence-electron chi connectivity index (χ1n) is 8.78. The molecule has 0 bridgehead atoms. The molecule has 5 nitrogen and oxygen atoms in total. The summed E-state index contributed by atoms with van der Waals surface area (Å²) >= 11 is 0. The third kappa shape index (κ3) is 5.41. The van der Waals surface area contributed by atoms with Crippen molar-refractivity contribution in [1.82, 2.24) is 5.32 Å². The second kappa shape index (κ2) is 9.57. The maximum atomic E-state index is 12.0. The first-order chi connectivity index (χ1) is 12.2. The van der Waals surface area contributed by atoms with Gasteiger partial charge in [-0.2, -0.15) is 0 Å². The van der Waals surface area contributed by atoms with Crippen LogP contribution in [0.25, 0.3) is 0 Å². The molecule has 0 saturated carbocycles. The minimum absolute atomic E-state index is 0.125. The van der Waals surface area contributed by atoms with Crippen LogP contribution in [0, 0.1) is 0 Å². The van der Waals surface area contributed by atoms with Gasteiger partial charge in [-0.25, -0.2) is 4.79 Å². The predicted molar refractivity (Wildman–Crippen MR) is 103 cm³/mol. The van der Waals surface area contributed by atoms with Crippen LogP contribution in [-0.4, -0.2) is 25.9 Å². The summed E-state index contributed by atoms with van der Waals surface area (Å²) in [6.07, 6.45) is 0.890. The molecule has 2 rings (SSSR count). The molecule has 0 aromatic heterocycles. The average molecular weight is 341 g/mol. The highest BCUT2D eigenvalue weighted by molar-refractivity contribution is 5.89. The third-order valence-electron chi connectivity index (χ3n) is 4.07. The van der Waals surface area contributed by atoms with E-state index in [1.54, 1.807) is 0 Å². The van der Waals surface area contributed by atoms with Gasteiger partial charge in [-0.3, -0.25) is 0 Å². The van der Waals surface area contributed by atoms with Crippen molar-refractivity contribution in [3.8, 4) is 5.75 Å². The Kier molecular flexibility index (Phi) is 7.14. The molecule has 5 heteroatoms. The molecule has 0 aliphatic rings. The first kappa shape index (κ1) is 18.6. The number of rotatable bonds is 8. The first-order valence-corrected chi connectivity index (χ1v) is 8.78. The van der Waals surface area contributed by atoms with Gasteiger partial charge in [0.05, 0.1) is 0 Å². The van der Waals surface area contributed by atoms with Gasteiger partial charge in [0.1, 0.15) is 5.75 Å². The molecular weight excluding hydrogens is 314 g/mol. The van der Waals surface area contributed by atoms with E-state index in [-0.39, 0.29) is 12.8 Å². The summed E-state index contributed by atoms with van der Waals surface area (Å²) in [5.41, 5.74) is 3.02. The highest BCUT2D eigenvalue weighted by Crippen LogP contribution is 2.18. The Morgan fingerprint density at radius 3 is 2.32 bits per heavy atom. The van der Waals surface area contributed by atoms with Gasteiger partial charge in [0.2, 0.25) is 0 Å². The number of hydrogen-bond acceptors (Lipinski definition) is 3. The SMILES string of the molecule is CCc1ccccc1OCNC(=O)Nc1ccc(N(CC)CC)cc1. The van der Waals surface area contributed by atoms with Crippen LogP contribution >= 0.6 is 0 Å². The summed E-state index contributed by atoms with van der Waals surface area (Å²) in [5, 5.41) is 5.52. The number of para-hydroxylation sites is 1. The van der Waals surface area contributed by atoms with Crippen molar-refractivity contribution < 1.29 is 9.53 Å². The van der Waals surface area contributed by atoms with E-state index in [9.17, 15) is 4.79 Å². The van der Waals surface area contributed by atoms with Crippen LogP contribution in [-0.2, 0) is 6.42 Å². The van der Waals surface area contributed by atoms with Gasteiger partial charge in [-0.1, -0.05) is 25.1 Å². The summed E-state index contributed by atoms with van der Waals surface area (Å²) in [6.45, 7) is 8.37. The van der Waals surface area contributed by atoms with Gasteiger partial charge in [0, 0.05) is 24.5 Å². The lowest BCUT2D eigenvalue weighted by Crippen LogP contribution is -2.32. The highest BCUT2D eigenvalue weighted by atomic mass is 16.5. The van der Waals surface area contributed by atoms with Crippen molar-refractivity contribution in [2.75, 3.05) is 30.0 Å². The van der Waals surface area contributed by atoms with Crippen LogP contribution in [0.15, 0.2) is 48.5 Å². The summed E-state index contributed by atoms with van der Waals surface area (Å²) in [7, 11) is 0. The smallest absolute Gasteiger partial charge is 0.321 e. The van der Waals surface area contributed by atoms with Crippen molar-refractivity contribution in [2.45, 2.75) is 27.2 Å². The lowest BCUT2D eigenvalue weighted by Gasteiger charge is -2.21. The molecule has 0 unspecified atom stereocenters. The van der Waals surface area contributed by atoms with Crippen molar-refractivity contribution >= 4 is 17.4 Å². The Morgan fingerprint density at radius 1 is 1.00 bits per heavy atom. The molecule has 2 amide bonds. The summed E-state index contributed by atoms with van der Waals surface area (Å²) < 4.78 is 5.64. The number of ether oxygens (including phenoxy) is 1. The van der Waals surface area contributed by atoms with Crippen molar-refractivity contribution in [3.63, 3.8) is 0 Å². The molecule has 0 aliphatic heterocycles. The zero-order chi connectivity index (χ0) is 18.1. The van der Waals surface area contributed by atoms with Crippen LogP contribution in [0.2, 0.25) is 0 Å². The number of aryl methyl sites for hydroxylation is 1. The molecule has 2 aromatic rings. The zero-order valence-corrected chi connectivity index (χ0v) is 15.2. The van der Waals surface area contributed by atoms with E-state index in [4.69, 9.17) is 4.74 Å². The van der Waals surface area contributed by atoms with Gasteiger partial charge in [-0.15, -0.1) is 0 Å². The molecule has 2 N–H and O–H groups in total. The predicted octanol–water partition coefficient (Wildman–Crippen LogP) is 4.25. The third-order valence-corrected chi connectivity index (χ3v) is 4.07. The number of nitrogens with zero attached hydrogens (tertiary/aromatic N) is 1. The standard InChI is InChI=1S/C20H27N3O2/c1-4-16-9-7-8-10-19(16)25-15-21-20(24)22-17-11-13-18(14-12-17)23(5-2)6-3/h7-14H,4-6,15H2,1-3H3,(H2,21,22,24). The number of amides is 2. The quantitative estimate of drug-likeness (QED) is 0.706. The maximum Gasteiger partial charge on any atom is 0.321 e. The van der Waals surface area contributed by atoms with Gasteiger partial charge >= 0.3 is 6.03 Å². The normalized spacial score (nSPS) is 10.2. The minimum Gasteiger partial charge on any atom is -0.473 e. The highest BCUT2D eigenvalue weighted by Gasteiger charge is 2.05. The van der Waals surface area contributed by atoms with Crippen LogP contribution < -0.4 is 20.3 Å². The van der Waals surface area contributed by atoms with E-state index < -0.39 is 0 Å². The number of carbonyl (C=O) groups is 1. The molecule has 0 atom stereocenters. The Labute approximate surface area is 150 Å². The molecule has 0 spiro atoms. The van der Waals surface area contributed by atoms with Gasteiger partial charge in [0.25, 0.3) is 0 Å². The Morgan fingerprint density at radius 2 is 1.68 bits per heavy atom. The number of carbonyl (C=O) groups excluding carboxylic acids is 1. The molecule has 0 radical (unpaired) electrons. The minimum atomic E-state index is -0.287. The Balaban J connectivity index is 1.82. The number of nitrogens with one attached hydrogen (secondary N) is 2. The van der Waals surface area contributed by atoms with E-state index in [0.29, 0.717) is 0 Å². The Hall–Kier alpha value is -2.69. The molecule has 134 valence electrons. The fourth-order valence-electron chi connectivity index (χ4n) is 2.64. The van der Waals surface area contributed by atoms with Crippen LogP contribution in [0.5, 0.6) is 5.75 Å². The van der Waals surface area contributed by atoms with E-state index in [1.807, 2.05) is 48.5 Å². The van der Waals surface area contributed by atoms with Crippen molar-refractivity contribution in [2.24, 2.45) is 0 Å². The van der Waals surface area contributed by atoms with E-state index in [1.165, 1.54) is 0 Å². The van der Waals surface area contributed by atoms with Gasteiger partial charge < -0.3 is 20.3 Å². The molecule has 0 saturated heterocycles. The number of hydrogen-bond donors (Lipinski definition) is 2. The topological polar surface area (TPSA) is 53.6 Å². The zero-order valence-electron chi connectivity index (χ0n) is 15.2. The largest absolute Gasteiger partial charge is 0.473 e. The fraction of sp³-hybridized carbons (Fsp3) is 0.350. The summed E-state index contributed by atoms with van der Waals surface area (Å²) in [4.78, 5) is 14.2. The van der Waals surface area contributed by atoms with Crippen LogP contribution in [0.4, 0.5) is 16.2 Å². The molecule has 25 heavy (non-hydrogen) atoms. The molecule has 2 aromatic carbocycles. The van der Waals surface area contributed by atoms with Crippen LogP contribution in [0.3, 0.4) is 0 Å².